The first-order valence-electron chi connectivity index (χ1n) is 4.00. The molecular formula is C8H13N3O2. The van der Waals surface area contributed by atoms with Gasteiger partial charge < -0.3 is 15.6 Å². The SMILES string of the molecule is COc1cnc(C(N)CCO)cn1. The van der Waals surface area contributed by atoms with Gasteiger partial charge in [0.2, 0.25) is 5.88 Å². The van der Waals surface area contributed by atoms with Gasteiger partial charge in [-0.05, 0) is 6.42 Å². The second-order valence-corrected chi connectivity index (χ2v) is 2.60. The number of hydrogen-bond donors (Lipinski definition) is 2. The highest BCUT2D eigenvalue weighted by molar-refractivity contribution is 5.09. The summed E-state index contributed by atoms with van der Waals surface area (Å²) < 4.78 is 4.85. The third kappa shape index (κ3) is 2.64. The highest BCUT2D eigenvalue weighted by Crippen LogP contribution is 2.11. The molecule has 0 aromatic carbocycles. The van der Waals surface area contributed by atoms with E-state index in [4.69, 9.17) is 15.6 Å². The second-order valence-electron chi connectivity index (χ2n) is 2.60. The van der Waals surface area contributed by atoms with Gasteiger partial charge in [0.25, 0.3) is 0 Å². The summed E-state index contributed by atoms with van der Waals surface area (Å²) in [6.45, 7) is 0.0505. The second kappa shape index (κ2) is 4.74. The zero-order valence-electron chi connectivity index (χ0n) is 7.47. The number of ether oxygens (including phenoxy) is 1. The maximum Gasteiger partial charge on any atom is 0.231 e. The van der Waals surface area contributed by atoms with Gasteiger partial charge in [0, 0.05) is 6.61 Å². The van der Waals surface area contributed by atoms with E-state index < -0.39 is 0 Å². The average molecular weight is 183 g/mol. The van der Waals surface area contributed by atoms with Gasteiger partial charge in [0.1, 0.15) is 0 Å². The molecule has 0 spiro atoms. The molecule has 1 heterocycles. The highest BCUT2D eigenvalue weighted by atomic mass is 16.5. The van der Waals surface area contributed by atoms with Gasteiger partial charge in [-0.15, -0.1) is 0 Å². The molecule has 0 aliphatic carbocycles. The Morgan fingerprint density at radius 2 is 2.31 bits per heavy atom. The molecular weight excluding hydrogens is 170 g/mol. The summed E-state index contributed by atoms with van der Waals surface area (Å²) in [5.74, 6) is 0.458. The topological polar surface area (TPSA) is 81.3 Å². The minimum Gasteiger partial charge on any atom is -0.480 e. The van der Waals surface area contributed by atoms with Crippen LogP contribution in [0.15, 0.2) is 12.4 Å². The van der Waals surface area contributed by atoms with E-state index in [1.807, 2.05) is 0 Å². The van der Waals surface area contributed by atoms with E-state index in [0.717, 1.165) is 0 Å². The van der Waals surface area contributed by atoms with E-state index in [9.17, 15) is 0 Å². The van der Waals surface area contributed by atoms with Gasteiger partial charge in [0.05, 0.1) is 31.2 Å². The van der Waals surface area contributed by atoms with E-state index in [1.165, 1.54) is 13.3 Å². The first-order valence-corrected chi connectivity index (χ1v) is 4.00. The van der Waals surface area contributed by atoms with Crippen LogP contribution in [0.2, 0.25) is 0 Å². The number of nitrogens with zero attached hydrogens (tertiary/aromatic N) is 2. The van der Waals surface area contributed by atoms with Gasteiger partial charge in [-0.25, -0.2) is 4.98 Å². The Balaban J connectivity index is 2.67. The third-order valence-corrected chi connectivity index (χ3v) is 1.68. The standard InChI is InChI=1S/C8H13N3O2/c1-13-8-5-10-7(4-11-8)6(9)2-3-12/h4-6,12H,2-3,9H2,1H3. The Morgan fingerprint density at radius 1 is 1.54 bits per heavy atom. The van der Waals surface area contributed by atoms with Crippen LogP contribution in [-0.4, -0.2) is 28.8 Å². The van der Waals surface area contributed by atoms with Crippen molar-refractivity contribution in [3.05, 3.63) is 18.1 Å². The fourth-order valence-electron chi connectivity index (χ4n) is 0.910. The van der Waals surface area contributed by atoms with E-state index >= 15 is 0 Å². The third-order valence-electron chi connectivity index (χ3n) is 1.68. The minimum absolute atomic E-state index is 0.0505. The molecule has 13 heavy (non-hydrogen) atoms. The fourth-order valence-corrected chi connectivity index (χ4v) is 0.910. The number of hydrogen-bond acceptors (Lipinski definition) is 5. The largest absolute Gasteiger partial charge is 0.480 e. The first kappa shape index (κ1) is 9.88. The number of methoxy groups -OCH3 is 1. The monoisotopic (exact) mass is 183 g/mol. The maximum atomic E-state index is 8.65. The lowest BCUT2D eigenvalue weighted by Crippen LogP contribution is -2.13. The lowest BCUT2D eigenvalue weighted by Gasteiger charge is -2.08. The molecule has 1 rings (SSSR count). The van der Waals surface area contributed by atoms with E-state index in [-0.39, 0.29) is 12.6 Å². The summed E-state index contributed by atoms with van der Waals surface area (Å²) in [6.07, 6.45) is 3.55. The van der Waals surface area contributed by atoms with Crippen molar-refractivity contribution in [2.45, 2.75) is 12.5 Å². The highest BCUT2D eigenvalue weighted by Gasteiger charge is 2.06. The lowest BCUT2D eigenvalue weighted by atomic mass is 10.2. The van der Waals surface area contributed by atoms with Crippen LogP contribution < -0.4 is 10.5 Å². The molecule has 1 unspecified atom stereocenters. The van der Waals surface area contributed by atoms with Gasteiger partial charge >= 0.3 is 0 Å². The Labute approximate surface area is 76.6 Å². The van der Waals surface area contributed by atoms with Crippen LogP contribution in [-0.2, 0) is 0 Å². The van der Waals surface area contributed by atoms with Crippen LogP contribution >= 0.6 is 0 Å². The van der Waals surface area contributed by atoms with Crippen LogP contribution in [0.4, 0.5) is 0 Å². The molecule has 5 heteroatoms. The van der Waals surface area contributed by atoms with Crippen molar-refractivity contribution in [3.63, 3.8) is 0 Å². The van der Waals surface area contributed by atoms with Crippen LogP contribution in [0.1, 0.15) is 18.2 Å². The smallest absolute Gasteiger partial charge is 0.231 e. The van der Waals surface area contributed by atoms with Crippen LogP contribution in [0.25, 0.3) is 0 Å². The predicted molar refractivity (Wildman–Crippen MR) is 47.2 cm³/mol. The number of aliphatic hydroxyl groups is 1. The molecule has 72 valence electrons. The zero-order valence-corrected chi connectivity index (χ0v) is 7.47. The average Bonchev–Trinajstić information content (AvgIpc) is 2.18. The molecule has 1 aromatic rings. The maximum absolute atomic E-state index is 8.65. The van der Waals surface area contributed by atoms with Gasteiger partial charge in [0.15, 0.2) is 0 Å². The van der Waals surface area contributed by atoms with Crippen molar-refractivity contribution < 1.29 is 9.84 Å². The van der Waals surface area contributed by atoms with E-state index in [1.54, 1.807) is 6.20 Å². The Kier molecular flexibility index (Phi) is 3.60. The molecule has 0 fully saturated rings. The van der Waals surface area contributed by atoms with Gasteiger partial charge in [-0.1, -0.05) is 0 Å². The molecule has 0 saturated heterocycles. The Bertz CT molecular complexity index is 250. The Morgan fingerprint density at radius 3 is 2.77 bits per heavy atom. The number of aromatic nitrogens is 2. The first-order chi connectivity index (χ1) is 6.27. The van der Waals surface area contributed by atoms with Crippen molar-refractivity contribution in [1.29, 1.82) is 0 Å². The van der Waals surface area contributed by atoms with Crippen LogP contribution in [0.5, 0.6) is 5.88 Å². The summed E-state index contributed by atoms with van der Waals surface area (Å²) in [7, 11) is 1.53. The Hall–Kier alpha value is -1.20. The molecule has 1 aromatic heterocycles. The summed E-state index contributed by atoms with van der Waals surface area (Å²) in [6, 6.07) is -0.261. The molecule has 0 saturated carbocycles. The number of aliphatic hydroxyl groups excluding tert-OH is 1. The van der Waals surface area contributed by atoms with E-state index in [2.05, 4.69) is 9.97 Å². The number of rotatable bonds is 4. The summed E-state index contributed by atoms with van der Waals surface area (Å²) in [4.78, 5) is 8.00. The molecule has 0 radical (unpaired) electrons. The lowest BCUT2D eigenvalue weighted by molar-refractivity contribution is 0.275. The molecule has 0 amide bonds. The quantitative estimate of drug-likeness (QED) is 0.679. The zero-order chi connectivity index (χ0) is 9.68. The fraction of sp³-hybridized carbons (Fsp3) is 0.500. The van der Waals surface area contributed by atoms with Gasteiger partial charge in [-0.3, -0.25) is 4.98 Å². The normalized spacial score (nSPS) is 12.5. The molecule has 0 bridgehead atoms. The van der Waals surface area contributed by atoms with Crippen molar-refractivity contribution in [2.24, 2.45) is 5.73 Å². The van der Waals surface area contributed by atoms with Crippen molar-refractivity contribution in [2.75, 3.05) is 13.7 Å². The van der Waals surface area contributed by atoms with E-state index in [0.29, 0.717) is 18.0 Å². The summed E-state index contributed by atoms with van der Waals surface area (Å²) in [5.41, 5.74) is 6.36. The molecule has 0 aliphatic rings. The number of nitrogens with two attached hydrogens (primary N) is 1. The molecule has 5 nitrogen and oxygen atoms in total. The van der Waals surface area contributed by atoms with Crippen LogP contribution in [0.3, 0.4) is 0 Å². The molecule has 0 aliphatic heterocycles. The summed E-state index contributed by atoms with van der Waals surface area (Å²) >= 11 is 0. The van der Waals surface area contributed by atoms with Crippen molar-refractivity contribution in [3.8, 4) is 5.88 Å². The minimum atomic E-state index is -0.261. The summed E-state index contributed by atoms with van der Waals surface area (Å²) in [5, 5.41) is 8.65. The van der Waals surface area contributed by atoms with Crippen molar-refractivity contribution >= 4 is 0 Å². The van der Waals surface area contributed by atoms with Crippen LogP contribution in [0, 0.1) is 0 Å². The predicted octanol–water partition coefficient (Wildman–Crippen LogP) is -0.133. The van der Waals surface area contributed by atoms with Gasteiger partial charge in [-0.2, -0.15) is 0 Å². The van der Waals surface area contributed by atoms with Crippen molar-refractivity contribution in [1.82, 2.24) is 9.97 Å². The molecule has 3 N–H and O–H groups in total. The molecule has 1 atom stereocenters.